The van der Waals surface area contributed by atoms with Crippen LogP contribution in [0, 0.1) is 11.3 Å². The number of carboxylic acids is 2. The van der Waals surface area contributed by atoms with Crippen LogP contribution < -0.4 is 10.5 Å². The van der Waals surface area contributed by atoms with Crippen LogP contribution in [-0.2, 0) is 15.8 Å². The normalized spacial score (nSPS) is 11.5. The first-order chi connectivity index (χ1) is 13.1. The molecule has 0 unspecified atom stereocenters. The Morgan fingerprint density at radius 2 is 1.93 bits per heavy atom. The lowest BCUT2D eigenvalue weighted by Gasteiger charge is -2.18. The molecule has 0 saturated heterocycles. The number of halogens is 3. The van der Waals surface area contributed by atoms with Gasteiger partial charge < -0.3 is 20.7 Å². The fourth-order valence-corrected chi connectivity index (χ4v) is 2.51. The molecule has 28 heavy (non-hydrogen) atoms. The van der Waals surface area contributed by atoms with Gasteiger partial charge in [-0.05, 0) is 35.5 Å². The first-order valence-electron chi connectivity index (χ1n) is 7.43. The van der Waals surface area contributed by atoms with E-state index in [-0.39, 0.29) is 11.4 Å². The van der Waals surface area contributed by atoms with Crippen LogP contribution in [-0.4, -0.2) is 33.7 Å². The van der Waals surface area contributed by atoms with Crippen LogP contribution in [0.25, 0.3) is 0 Å². The van der Waals surface area contributed by atoms with Crippen molar-refractivity contribution >= 4 is 23.3 Å². The van der Waals surface area contributed by atoms with Gasteiger partial charge in [0.15, 0.2) is 0 Å². The number of nitriles is 1. The Morgan fingerprint density at radius 3 is 2.36 bits per heavy atom. The van der Waals surface area contributed by atoms with Gasteiger partial charge in [-0.15, -0.1) is 0 Å². The summed E-state index contributed by atoms with van der Waals surface area (Å²) in [6.45, 7) is 0.293. The Kier molecular flexibility index (Phi) is 8.36. The van der Waals surface area contributed by atoms with E-state index in [1.807, 2.05) is 10.8 Å². The SMILES string of the molecule is N#Cc1ccc(C(F)(F)F)nc1O[C@H](CCN)c1ccsc1.O=C(O)C(=O)O. The summed E-state index contributed by atoms with van der Waals surface area (Å²) in [4.78, 5) is 21.6. The first-order valence-corrected chi connectivity index (χ1v) is 8.37. The largest absolute Gasteiger partial charge is 0.473 e. The third-order valence-corrected chi connectivity index (χ3v) is 3.75. The molecular formula is C16H14F3N3O5S. The number of aromatic nitrogens is 1. The number of carboxylic acid groups (broad SMARTS) is 2. The Labute approximate surface area is 160 Å². The lowest BCUT2D eigenvalue weighted by atomic mass is 10.1. The molecule has 0 aliphatic heterocycles. The fourth-order valence-electron chi connectivity index (χ4n) is 1.81. The van der Waals surface area contributed by atoms with Crippen molar-refractivity contribution in [2.45, 2.75) is 18.7 Å². The van der Waals surface area contributed by atoms with Crippen molar-refractivity contribution in [3.63, 3.8) is 0 Å². The maximum absolute atomic E-state index is 12.7. The molecule has 2 rings (SSSR count). The Balaban J connectivity index is 0.000000568. The molecule has 0 spiro atoms. The van der Waals surface area contributed by atoms with Crippen molar-refractivity contribution in [1.29, 1.82) is 5.26 Å². The highest BCUT2D eigenvalue weighted by Crippen LogP contribution is 2.32. The molecule has 4 N–H and O–H groups in total. The molecule has 0 aliphatic carbocycles. The first kappa shape index (κ1) is 22.9. The van der Waals surface area contributed by atoms with E-state index in [2.05, 4.69) is 4.98 Å². The predicted octanol–water partition coefficient (Wildman–Crippen LogP) is 2.66. The van der Waals surface area contributed by atoms with E-state index in [1.54, 1.807) is 12.1 Å². The van der Waals surface area contributed by atoms with Crippen molar-refractivity contribution in [2.24, 2.45) is 5.73 Å². The number of pyridine rings is 1. The van der Waals surface area contributed by atoms with Crippen LogP contribution in [0.4, 0.5) is 13.2 Å². The Hall–Kier alpha value is -3.17. The molecule has 2 aromatic heterocycles. The second-order valence-electron chi connectivity index (χ2n) is 5.01. The molecule has 0 amide bonds. The minimum Gasteiger partial charge on any atom is -0.473 e. The summed E-state index contributed by atoms with van der Waals surface area (Å²) in [5, 5.41) is 27.4. The molecule has 0 bridgehead atoms. The molecule has 2 heterocycles. The molecule has 1 atom stereocenters. The van der Waals surface area contributed by atoms with Gasteiger partial charge in [-0.25, -0.2) is 14.6 Å². The van der Waals surface area contributed by atoms with E-state index in [9.17, 15) is 13.2 Å². The van der Waals surface area contributed by atoms with E-state index in [4.69, 9.17) is 35.5 Å². The number of ether oxygens (including phenoxy) is 1. The number of thiophene rings is 1. The Bertz CT molecular complexity index is 838. The molecule has 2 aromatic rings. The van der Waals surface area contributed by atoms with Gasteiger partial charge in [0.1, 0.15) is 23.4 Å². The van der Waals surface area contributed by atoms with Crippen molar-refractivity contribution < 1.29 is 37.7 Å². The summed E-state index contributed by atoms with van der Waals surface area (Å²) in [6, 6.07) is 5.39. The van der Waals surface area contributed by atoms with E-state index in [0.717, 1.165) is 17.7 Å². The average Bonchev–Trinajstić information content (AvgIpc) is 3.15. The second kappa shape index (κ2) is 10.2. The second-order valence-corrected chi connectivity index (χ2v) is 5.79. The van der Waals surface area contributed by atoms with Crippen molar-refractivity contribution in [1.82, 2.24) is 4.98 Å². The van der Waals surface area contributed by atoms with Crippen molar-refractivity contribution in [3.05, 3.63) is 45.8 Å². The van der Waals surface area contributed by atoms with E-state index in [0.29, 0.717) is 13.0 Å². The van der Waals surface area contributed by atoms with E-state index >= 15 is 0 Å². The maximum Gasteiger partial charge on any atom is 0.433 e. The average molecular weight is 417 g/mol. The van der Waals surface area contributed by atoms with Crippen LogP contribution in [0.3, 0.4) is 0 Å². The van der Waals surface area contributed by atoms with Gasteiger partial charge in [-0.3, -0.25) is 0 Å². The van der Waals surface area contributed by atoms with Crippen LogP contribution in [0.15, 0.2) is 29.0 Å². The lowest BCUT2D eigenvalue weighted by molar-refractivity contribution is -0.159. The van der Waals surface area contributed by atoms with Crippen molar-refractivity contribution in [3.8, 4) is 11.9 Å². The molecule has 0 saturated carbocycles. The van der Waals surface area contributed by atoms with E-state index in [1.165, 1.54) is 11.3 Å². The topological polar surface area (TPSA) is 147 Å². The zero-order chi connectivity index (χ0) is 21.3. The zero-order valence-electron chi connectivity index (χ0n) is 14.0. The van der Waals surface area contributed by atoms with Crippen LogP contribution in [0.5, 0.6) is 5.88 Å². The minimum atomic E-state index is -4.60. The van der Waals surface area contributed by atoms with Gasteiger partial charge in [0.2, 0.25) is 5.88 Å². The molecule has 8 nitrogen and oxygen atoms in total. The summed E-state index contributed by atoms with van der Waals surface area (Å²) in [7, 11) is 0. The van der Waals surface area contributed by atoms with Crippen LogP contribution in [0.2, 0.25) is 0 Å². The monoisotopic (exact) mass is 417 g/mol. The maximum atomic E-state index is 12.7. The molecule has 12 heteroatoms. The summed E-state index contributed by atoms with van der Waals surface area (Å²) in [5.41, 5.74) is 5.16. The number of nitrogens with two attached hydrogens (primary N) is 1. The highest BCUT2D eigenvalue weighted by Gasteiger charge is 2.33. The summed E-state index contributed by atoms with van der Waals surface area (Å²) in [6.07, 6.45) is -4.74. The van der Waals surface area contributed by atoms with Gasteiger partial charge >= 0.3 is 18.1 Å². The molecule has 150 valence electrons. The number of hydrogen-bond donors (Lipinski definition) is 3. The lowest BCUT2D eigenvalue weighted by Crippen LogP contribution is -2.15. The Morgan fingerprint density at radius 1 is 1.29 bits per heavy atom. The third-order valence-electron chi connectivity index (χ3n) is 3.05. The minimum absolute atomic E-state index is 0.0507. The van der Waals surface area contributed by atoms with E-state index < -0.39 is 29.9 Å². The van der Waals surface area contributed by atoms with Gasteiger partial charge in [-0.1, -0.05) is 0 Å². The van der Waals surface area contributed by atoms with Gasteiger partial charge in [0.05, 0.1) is 0 Å². The third kappa shape index (κ3) is 6.86. The van der Waals surface area contributed by atoms with Gasteiger partial charge in [0.25, 0.3) is 0 Å². The molecule has 0 fully saturated rings. The van der Waals surface area contributed by atoms with Crippen LogP contribution >= 0.6 is 11.3 Å². The summed E-state index contributed by atoms with van der Waals surface area (Å²) in [5.74, 6) is -3.98. The van der Waals surface area contributed by atoms with Crippen LogP contribution in [0.1, 0.15) is 29.3 Å². The number of hydrogen-bond acceptors (Lipinski definition) is 7. The predicted molar refractivity (Wildman–Crippen MR) is 90.6 cm³/mol. The number of carbonyl (C=O) groups is 2. The highest BCUT2D eigenvalue weighted by molar-refractivity contribution is 7.07. The quantitative estimate of drug-likeness (QED) is 0.629. The number of aliphatic carboxylic acids is 2. The molecular weight excluding hydrogens is 403 g/mol. The molecule has 0 aliphatic rings. The number of rotatable bonds is 5. The van der Waals surface area contributed by atoms with Gasteiger partial charge in [0, 0.05) is 12.0 Å². The summed E-state index contributed by atoms with van der Waals surface area (Å²) >= 11 is 1.44. The fraction of sp³-hybridized carbons (Fsp3) is 0.250. The van der Waals surface area contributed by atoms with Crippen molar-refractivity contribution in [2.75, 3.05) is 6.54 Å². The summed E-state index contributed by atoms with van der Waals surface area (Å²) < 4.78 is 43.8. The smallest absolute Gasteiger partial charge is 0.433 e. The van der Waals surface area contributed by atoms with Gasteiger partial charge in [-0.2, -0.15) is 29.8 Å². The number of nitrogens with zero attached hydrogens (tertiary/aromatic N) is 2. The highest BCUT2D eigenvalue weighted by atomic mass is 32.1. The molecule has 0 radical (unpaired) electrons. The standard InChI is InChI=1S/C14H12F3N3OS.C2H2O4/c15-14(16,17)12-2-1-9(7-19)13(20-12)21-11(3-5-18)10-4-6-22-8-10;3-1(4)2(5)6/h1-2,4,6,8,11H,3,5,18H2;(H,3,4)(H,5,6)/t11-;/m1./s1. The zero-order valence-corrected chi connectivity index (χ0v) is 14.8. The molecule has 0 aromatic carbocycles. The number of alkyl halides is 3.